The number of amides is 1. The van der Waals surface area contributed by atoms with Crippen LogP contribution >= 0.6 is 27.5 Å². The molecule has 0 atom stereocenters. The molecule has 0 aliphatic rings. The summed E-state index contributed by atoms with van der Waals surface area (Å²) in [6.45, 7) is 0. The number of rotatable bonds is 2. The van der Waals surface area contributed by atoms with Gasteiger partial charge in [0.1, 0.15) is 0 Å². The fourth-order valence-electron chi connectivity index (χ4n) is 1.57. The Morgan fingerprint density at radius 2 is 1.88 bits per heavy atom. The summed E-state index contributed by atoms with van der Waals surface area (Å²) in [7, 11) is 0. The highest BCUT2D eigenvalue weighted by Gasteiger charge is 2.06. The topological polar surface area (TPSA) is 43.1 Å². The summed E-state index contributed by atoms with van der Waals surface area (Å²) in [5, 5.41) is 0.656. The number of carbonyl (C=O) groups excluding carboxylic acids is 1. The molecule has 0 saturated carbocycles. The molecule has 0 heterocycles. The van der Waals surface area contributed by atoms with Crippen molar-refractivity contribution in [3.63, 3.8) is 0 Å². The van der Waals surface area contributed by atoms with Crippen LogP contribution < -0.4 is 5.73 Å². The molecule has 2 aromatic rings. The highest BCUT2D eigenvalue weighted by molar-refractivity contribution is 9.10. The van der Waals surface area contributed by atoms with Crippen LogP contribution in [0.5, 0.6) is 0 Å². The number of carbonyl (C=O) groups is 1. The molecule has 0 saturated heterocycles. The van der Waals surface area contributed by atoms with E-state index >= 15 is 0 Å². The van der Waals surface area contributed by atoms with Crippen molar-refractivity contribution >= 4 is 33.4 Å². The van der Waals surface area contributed by atoms with E-state index in [4.69, 9.17) is 17.3 Å². The normalized spacial score (nSPS) is 10.2. The highest BCUT2D eigenvalue weighted by Crippen LogP contribution is 2.26. The minimum atomic E-state index is -0.449. The van der Waals surface area contributed by atoms with Gasteiger partial charge in [0.25, 0.3) is 0 Å². The van der Waals surface area contributed by atoms with E-state index in [2.05, 4.69) is 15.9 Å². The van der Waals surface area contributed by atoms with Crippen molar-refractivity contribution in [3.8, 4) is 11.1 Å². The molecular weight excluding hydrogens is 302 g/mol. The monoisotopic (exact) mass is 309 g/mol. The van der Waals surface area contributed by atoms with Gasteiger partial charge in [-0.15, -0.1) is 0 Å². The number of nitrogens with two attached hydrogens (primary N) is 1. The molecule has 0 aliphatic heterocycles. The summed E-state index contributed by atoms with van der Waals surface area (Å²) in [5.41, 5.74) is 7.59. The second-order valence-electron chi connectivity index (χ2n) is 3.60. The number of benzene rings is 2. The molecule has 17 heavy (non-hydrogen) atoms. The zero-order chi connectivity index (χ0) is 12.4. The van der Waals surface area contributed by atoms with Gasteiger partial charge in [-0.05, 0) is 41.5 Å². The van der Waals surface area contributed by atoms with Gasteiger partial charge in [0.2, 0.25) is 5.91 Å². The molecule has 2 N–H and O–H groups in total. The van der Waals surface area contributed by atoms with Crippen molar-refractivity contribution in [3.05, 3.63) is 57.5 Å². The first-order chi connectivity index (χ1) is 8.06. The molecule has 0 fully saturated rings. The van der Waals surface area contributed by atoms with Crippen molar-refractivity contribution in [1.29, 1.82) is 0 Å². The second kappa shape index (κ2) is 4.90. The Balaban J connectivity index is 2.56. The molecule has 0 aliphatic carbocycles. The van der Waals surface area contributed by atoms with Gasteiger partial charge in [0.05, 0.1) is 0 Å². The van der Waals surface area contributed by atoms with Crippen LogP contribution in [-0.2, 0) is 0 Å². The number of hydrogen-bond acceptors (Lipinski definition) is 1. The van der Waals surface area contributed by atoms with Crippen LogP contribution in [0.25, 0.3) is 11.1 Å². The van der Waals surface area contributed by atoms with E-state index in [1.54, 1.807) is 18.2 Å². The average molecular weight is 311 g/mol. The Bertz CT molecular complexity index is 583. The first-order valence-electron chi connectivity index (χ1n) is 4.92. The summed E-state index contributed by atoms with van der Waals surface area (Å²) in [6.07, 6.45) is 0. The Labute approximate surface area is 113 Å². The minimum Gasteiger partial charge on any atom is -0.366 e. The predicted octanol–water partition coefficient (Wildman–Crippen LogP) is 3.87. The Morgan fingerprint density at radius 3 is 2.53 bits per heavy atom. The fraction of sp³-hybridized carbons (Fsp3) is 0. The summed E-state index contributed by atoms with van der Waals surface area (Å²) in [5.74, 6) is -0.449. The third kappa shape index (κ3) is 2.87. The zero-order valence-corrected chi connectivity index (χ0v) is 11.1. The Hall–Kier alpha value is -1.32. The molecule has 1 amide bonds. The van der Waals surface area contributed by atoms with Gasteiger partial charge in [-0.25, -0.2) is 0 Å². The summed E-state index contributed by atoms with van der Waals surface area (Å²) < 4.78 is 0.809. The van der Waals surface area contributed by atoms with Gasteiger partial charge < -0.3 is 5.73 Å². The van der Waals surface area contributed by atoms with Crippen molar-refractivity contribution in [2.75, 3.05) is 0 Å². The second-order valence-corrected chi connectivity index (χ2v) is 4.96. The molecule has 0 aromatic heterocycles. The SMILES string of the molecule is NC(=O)c1cc(Br)cc(-c2cccc(Cl)c2)c1. The lowest BCUT2D eigenvalue weighted by atomic mass is 10.0. The Morgan fingerprint density at radius 1 is 1.12 bits per heavy atom. The molecule has 0 bridgehead atoms. The van der Waals surface area contributed by atoms with E-state index < -0.39 is 5.91 Å². The van der Waals surface area contributed by atoms with Crippen LogP contribution in [0.4, 0.5) is 0 Å². The van der Waals surface area contributed by atoms with E-state index in [0.29, 0.717) is 10.6 Å². The van der Waals surface area contributed by atoms with Crippen molar-refractivity contribution in [2.24, 2.45) is 5.73 Å². The fourth-order valence-corrected chi connectivity index (χ4v) is 2.25. The summed E-state index contributed by atoms with van der Waals surface area (Å²) in [4.78, 5) is 11.2. The molecule has 4 heteroatoms. The maximum Gasteiger partial charge on any atom is 0.248 e. The lowest BCUT2D eigenvalue weighted by Gasteiger charge is -2.05. The van der Waals surface area contributed by atoms with Gasteiger partial charge in [-0.3, -0.25) is 4.79 Å². The minimum absolute atomic E-state index is 0.449. The average Bonchev–Trinajstić information content (AvgIpc) is 2.28. The van der Waals surface area contributed by atoms with Crippen molar-refractivity contribution in [1.82, 2.24) is 0 Å². The molecule has 0 spiro atoms. The number of primary amides is 1. The van der Waals surface area contributed by atoms with E-state index in [1.807, 2.05) is 24.3 Å². The third-order valence-corrected chi connectivity index (χ3v) is 3.03. The first kappa shape index (κ1) is 12.1. The van der Waals surface area contributed by atoms with E-state index in [0.717, 1.165) is 15.6 Å². The van der Waals surface area contributed by atoms with Gasteiger partial charge in [0, 0.05) is 15.1 Å². The largest absolute Gasteiger partial charge is 0.366 e. The molecule has 2 aromatic carbocycles. The predicted molar refractivity (Wildman–Crippen MR) is 73.1 cm³/mol. The molecular formula is C13H9BrClNO. The summed E-state index contributed by atoms with van der Waals surface area (Å²) >= 11 is 9.29. The van der Waals surface area contributed by atoms with Crippen LogP contribution in [0.2, 0.25) is 5.02 Å². The maximum absolute atomic E-state index is 11.2. The van der Waals surface area contributed by atoms with Crippen LogP contribution in [0, 0.1) is 0 Å². The molecule has 0 unspecified atom stereocenters. The zero-order valence-electron chi connectivity index (χ0n) is 8.78. The van der Waals surface area contributed by atoms with Crippen LogP contribution in [0.1, 0.15) is 10.4 Å². The van der Waals surface area contributed by atoms with Gasteiger partial charge in [0.15, 0.2) is 0 Å². The van der Waals surface area contributed by atoms with Crippen LogP contribution in [-0.4, -0.2) is 5.91 Å². The molecule has 2 nitrogen and oxygen atoms in total. The quantitative estimate of drug-likeness (QED) is 0.899. The van der Waals surface area contributed by atoms with Crippen molar-refractivity contribution in [2.45, 2.75) is 0 Å². The van der Waals surface area contributed by atoms with Crippen LogP contribution in [0.15, 0.2) is 46.9 Å². The van der Waals surface area contributed by atoms with E-state index in [9.17, 15) is 4.79 Å². The van der Waals surface area contributed by atoms with Gasteiger partial charge in [-0.2, -0.15) is 0 Å². The Kier molecular flexibility index (Phi) is 3.50. The van der Waals surface area contributed by atoms with E-state index in [1.165, 1.54) is 0 Å². The standard InChI is InChI=1S/C13H9BrClNO/c14-11-5-9(4-10(6-11)13(16)17)8-2-1-3-12(15)7-8/h1-7H,(H2,16,17). The molecule has 86 valence electrons. The highest BCUT2D eigenvalue weighted by atomic mass is 79.9. The van der Waals surface area contributed by atoms with Crippen LogP contribution in [0.3, 0.4) is 0 Å². The number of hydrogen-bond donors (Lipinski definition) is 1. The number of halogens is 2. The lowest BCUT2D eigenvalue weighted by molar-refractivity contribution is 0.100. The maximum atomic E-state index is 11.2. The van der Waals surface area contributed by atoms with Gasteiger partial charge >= 0.3 is 0 Å². The van der Waals surface area contributed by atoms with Crippen molar-refractivity contribution < 1.29 is 4.79 Å². The first-order valence-corrected chi connectivity index (χ1v) is 6.10. The van der Waals surface area contributed by atoms with E-state index in [-0.39, 0.29) is 0 Å². The smallest absolute Gasteiger partial charge is 0.248 e. The molecule has 0 radical (unpaired) electrons. The third-order valence-electron chi connectivity index (χ3n) is 2.34. The molecule has 2 rings (SSSR count). The van der Waals surface area contributed by atoms with Gasteiger partial charge in [-0.1, -0.05) is 39.7 Å². The summed E-state index contributed by atoms with van der Waals surface area (Å²) in [6, 6.07) is 12.8. The lowest BCUT2D eigenvalue weighted by Crippen LogP contribution is -2.10.